The van der Waals surface area contributed by atoms with Crippen LogP contribution in [0.25, 0.3) is 10.9 Å². The highest BCUT2D eigenvalue weighted by Gasteiger charge is 2.08. The van der Waals surface area contributed by atoms with Crippen molar-refractivity contribution in [1.29, 1.82) is 0 Å². The van der Waals surface area contributed by atoms with Gasteiger partial charge < -0.3 is 10.8 Å². The smallest absolute Gasteiger partial charge is 0.263 e. The molecular weight excluding hydrogens is 182 g/mol. The molecule has 0 fully saturated rings. The molecule has 0 aliphatic rings. The summed E-state index contributed by atoms with van der Waals surface area (Å²) in [5, 5.41) is 9.81. The van der Waals surface area contributed by atoms with Crippen LogP contribution >= 0.6 is 0 Å². The van der Waals surface area contributed by atoms with Crippen LogP contribution in [-0.2, 0) is 0 Å². The Kier molecular flexibility index (Phi) is 1.67. The summed E-state index contributed by atoms with van der Waals surface area (Å²) >= 11 is 0. The van der Waals surface area contributed by atoms with Gasteiger partial charge in [0.1, 0.15) is 11.1 Å². The number of H-pyrrole nitrogens is 1. The van der Waals surface area contributed by atoms with Crippen molar-refractivity contribution in [2.45, 2.75) is 6.92 Å². The number of phenols is 1. The number of hydrogen-bond acceptors (Lipinski definition) is 4. The molecule has 1 heterocycles. The maximum absolute atomic E-state index is 11.4. The Bertz CT molecular complexity index is 560. The average Bonchev–Trinajstić information content (AvgIpc) is 2.10. The number of phenolic OH excluding ortho intramolecular Hbond substituents is 1. The van der Waals surface area contributed by atoms with Gasteiger partial charge in [-0.25, -0.2) is 4.98 Å². The number of aromatic nitrogens is 2. The van der Waals surface area contributed by atoms with E-state index in [1.165, 1.54) is 0 Å². The molecule has 1 aromatic heterocycles. The lowest BCUT2D eigenvalue weighted by Gasteiger charge is -2.02. The van der Waals surface area contributed by atoms with E-state index in [1.807, 2.05) is 0 Å². The molecule has 0 aliphatic heterocycles. The van der Waals surface area contributed by atoms with E-state index in [2.05, 4.69) is 9.97 Å². The zero-order valence-electron chi connectivity index (χ0n) is 7.53. The molecule has 2 rings (SSSR count). The van der Waals surface area contributed by atoms with Crippen LogP contribution in [0.2, 0.25) is 0 Å². The molecule has 0 saturated heterocycles. The van der Waals surface area contributed by atoms with Gasteiger partial charge in [0.2, 0.25) is 5.95 Å². The van der Waals surface area contributed by atoms with Gasteiger partial charge in [-0.3, -0.25) is 9.78 Å². The third-order valence-corrected chi connectivity index (χ3v) is 2.07. The Morgan fingerprint density at radius 2 is 2.21 bits per heavy atom. The van der Waals surface area contributed by atoms with Crippen LogP contribution in [0.1, 0.15) is 5.56 Å². The minimum absolute atomic E-state index is 0.0451. The van der Waals surface area contributed by atoms with E-state index < -0.39 is 5.56 Å². The van der Waals surface area contributed by atoms with Crippen molar-refractivity contribution < 1.29 is 5.11 Å². The van der Waals surface area contributed by atoms with Gasteiger partial charge in [0.25, 0.3) is 5.56 Å². The first kappa shape index (κ1) is 8.55. The molecule has 0 saturated carbocycles. The standard InChI is InChI=1S/C9H9N3O2/c1-4-2-3-5-6(7(4)13)8(14)12-9(10)11-5/h2-3,13H,1H3,(H3,10,11,12,14). The summed E-state index contributed by atoms with van der Waals surface area (Å²) in [4.78, 5) is 17.7. The summed E-state index contributed by atoms with van der Waals surface area (Å²) in [7, 11) is 0. The zero-order valence-corrected chi connectivity index (χ0v) is 7.53. The Balaban J connectivity index is 3.03. The average molecular weight is 191 g/mol. The monoisotopic (exact) mass is 191 g/mol. The van der Waals surface area contributed by atoms with Gasteiger partial charge in [-0.15, -0.1) is 0 Å². The second-order valence-electron chi connectivity index (χ2n) is 3.08. The Labute approximate surface area is 79.2 Å². The number of aromatic amines is 1. The fraction of sp³-hybridized carbons (Fsp3) is 0.111. The van der Waals surface area contributed by atoms with Crippen LogP contribution in [0.15, 0.2) is 16.9 Å². The van der Waals surface area contributed by atoms with Gasteiger partial charge in [0, 0.05) is 0 Å². The molecule has 0 atom stereocenters. The van der Waals surface area contributed by atoms with Crippen LogP contribution in [0.3, 0.4) is 0 Å². The molecular formula is C9H9N3O2. The highest BCUT2D eigenvalue weighted by atomic mass is 16.3. The quantitative estimate of drug-likeness (QED) is 0.566. The number of aromatic hydroxyl groups is 1. The number of fused-ring (bicyclic) bond motifs is 1. The Morgan fingerprint density at radius 1 is 1.50 bits per heavy atom. The second-order valence-corrected chi connectivity index (χ2v) is 3.08. The van der Waals surface area contributed by atoms with Gasteiger partial charge in [0.05, 0.1) is 5.52 Å². The molecule has 0 amide bonds. The van der Waals surface area contributed by atoms with Gasteiger partial charge in [-0.05, 0) is 18.6 Å². The summed E-state index contributed by atoms with van der Waals surface area (Å²) in [6.07, 6.45) is 0. The van der Waals surface area contributed by atoms with Gasteiger partial charge in [-0.2, -0.15) is 0 Å². The predicted molar refractivity (Wildman–Crippen MR) is 53.2 cm³/mol. The van der Waals surface area contributed by atoms with Crippen molar-refractivity contribution in [2.75, 3.05) is 5.73 Å². The predicted octanol–water partition coefficient (Wildman–Crippen LogP) is 0.519. The molecule has 14 heavy (non-hydrogen) atoms. The highest BCUT2D eigenvalue weighted by Crippen LogP contribution is 2.23. The third kappa shape index (κ3) is 1.10. The highest BCUT2D eigenvalue weighted by molar-refractivity contribution is 5.85. The maximum Gasteiger partial charge on any atom is 0.263 e. The molecule has 1 aromatic carbocycles. The van der Waals surface area contributed by atoms with Crippen LogP contribution in [-0.4, -0.2) is 15.1 Å². The number of nitrogens with two attached hydrogens (primary N) is 1. The number of anilines is 1. The number of benzene rings is 1. The van der Waals surface area contributed by atoms with E-state index >= 15 is 0 Å². The van der Waals surface area contributed by atoms with E-state index in [0.29, 0.717) is 11.1 Å². The number of hydrogen-bond donors (Lipinski definition) is 3. The number of nitrogens with zero attached hydrogens (tertiary/aromatic N) is 1. The van der Waals surface area contributed by atoms with Crippen LogP contribution in [0.4, 0.5) is 5.95 Å². The molecule has 0 bridgehead atoms. The summed E-state index contributed by atoms with van der Waals surface area (Å²) in [6, 6.07) is 3.33. The van der Waals surface area contributed by atoms with Gasteiger partial charge >= 0.3 is 0 Å². The second kappa shape index (κ2) is 2.73. The number of nitrogen functional groups attached to an aromatic ring is 1. The Hall–Kier alpha value is -2.04. The van der Waals surface area contributed by atoms with Crippen molar-refractivity contribution in [2.24, 2.45) is 0 Å². The molecule has 72 valence electrons. The fourth-order valence-corrected chi connectivity index (χ4v) is 1.34. The first-order chi connectivity index (χ1) is 6.59. The lowest BCUT2D eigenvalue weighted by atomic mass is 10.1. The molecule has 4 N–H and O–H groups in total. The van der Waals surface area contributed by atoms with Crippen LogP contribution in [0.5, 0.6) is 5.75 Å². The summed E-state index contributed by atoms with van der Waals surface area (Å²) in [5.74, 6) is 0.00185. The number of nitrogens with one attached hydrogen (secondary N) is 1. The lowest BCUT2D eigenvalue weighted by molar-refractivity contribution is 0.477. The molecule has 5 heteroatoms. The fourth-order valence-electron chi connectivity index (χ4n) is 1.34. The van der Waals surface area contributed by atoms with Crippen molar-refractivity contribution in [3.05, 3.63) is 28.0 Å². The molecule has 0 unspecified atom stereocenters. The minimum Gasteiger partial charge on any atom is -0.507 e. The zero-order chi connectivity index (χ0) is 10.3. The molecule has 0 aliphatic carbocycles. The number of aryl methyl sites for hydroxylation is 1. The topological polar surface area (TPSA) is 92.0 Å². The van der Waals surface area contributed by atoms with E-state index in [4.69, 9.17) is 5.73 Å². The maximum atomic E-state index is 11.4. The molecule has 2 aromatic rings. The number of rotatable bonds is 0. The van der Waals surface area contributed by atoms with E-state index in [1.54, 1.807) is 19.1 Å². The van der Waals surface area contributed by atoms with E-state index in [-0.39, 0.29) is 17.1 Å². The molecule has 0 spiro atoms. The normalized spacial score (nSPS) is 10.6. The van der Waals surface area contributed by atoms with Crippen molar-refractivity contribution in [3.63, 3.8) is 0 Å². The van der Waals surface area contributed by atoms with Crippen molar-refractivity contribution in [1.82, 2.24) is 9.97 Å². The first-order valence-corrected chi connectivity index (χ1v) is 4.07. The molecule has 5 nitrogen and oxygen atoms in total. The largest absolute Gasteiger partial charge is 0.507 e. The summed E-state index contributed by atoms with van der Waals surface area (Å²) in [5.41, 5.74) is 5.97. The van der Waals surface area contributed by atoms with E-state index in [9.17, 15) is 9.90 Å². The summed E-state index contributed by atoms with van der Waals surface area (Å²) < 4.78 is 0. The van der Waals surface area contributed by atoms with Gasteiger partial charge in [-0.1, -0.05) is 6.07 Å². The van der Waals surface area contributed by atoms with Crippen LogP contribution < -0.4 is 11.3 Å². The van der Waals surface area contributed by atoms with Crippen molar-refractivity contribution >= 4 is 16.9 Å². The van der Waals surface area contributed by atoms with E-state index in [0.717, 1.165) is 0 Å². The third-order valence-electron chi connectivity index (χ3n) is 2.07. The van der Waals surface area contributed by atoms with Crippen LogP contribution in [0, 0.1) is 6.92 Å². The first-order valence-electron chi connectivity index (χ1n) is 4.07. The Morgan fingerprint density at radius 3 is 2.93 bits per heavy atom. The molecule has 0 radical (unpaired) electrons. The van der Waals surface area contributed by atoms with Gasteiger partial charge in [0.15, 0.2) is 0 Å². The summed E-state index contributed by atoms with van der Waals surface area (Å²) in [6.45, 7) is 1.71. The minimum atomic E-state index is -0.422. The van der Waals surface area contributed by atoms with Crippen molar-refractivity contribution in [3.8, 4) is 5.75 Å². The SMILES string of the molecule is Cc1ccc2nc(N)[nH]c(=O)c2c1O. The lowest BCUT2D eigenvalue weighted by Crippen LogP contribution is -2.11.